The smallest absolute Gasteiger partial charge is 0.245 e. The summed E-state index contributed by atoms with van der Waals surface area (Å²) in [6, 6.07) is 5.81. The average Bonchev–Trinajstić information content (AvgIpc) is 2.77. The van der Waals surface area contributed by atoms with Crippen molar-refractivity contribution in [1.29, 1.82) is 0 Å². The van der Waals surface area contributed by atoms with Gasteiger partial charge < -0.3 is 20.3 Å². The van der Waals surface area contributed by atoms with Crippen molar-refractivity contribution in [3.63, 3.8) is 0 Å². The number of pyridine rings is 1. The molecular weight excluding hydrogens is 425 g/mol. The average molecular weight is 452 g/mol. The molecule has 2 heterocycles. The number of rotatable bonds is 7. The van der Waals surface area contributed by atoms with Gasteiger partial charge in [-0.05, 0) is 31.3 Å². The number of carbonyl (C=O) groups is 1. The fraction of sp³-hybridized carbons (Fsp3) is 0.400. The first-order valence-corrected chi connectivity index (χ1v) is 11.2. The van der Waals surface area contributed by atoms with E-state index in [1.54, 1.807) is 23.1 Å². The lowest BCUT2D eigenvalue weighted by atomic mass is 10.1. The van der Waals surface area contributed by atoms with Crippen LogP contribution < -0.4 is 15.2 Å². The summed E-state index contributed by atoms with van der Waals surface area (Å²) < 4.78 is 48.3. The van der Waals surface area contributed by atoms with Crippen molar-refractivity contribution in [3.05, 3.63) is 42.3 Å². The molecule has 168 valence electrons. The molecule has 31 heavy (non-hydrogen) atoms. The van der Waals surface area contributed by atoms with Gasteiger partial charge in [0.2, 0.25) is 15.9 Å². The van der Waals surface area contributed by atoms with E-state index >= 15 is 0 Å². The third kappa shape index (κ3) is 5.18. The minimum Gasteiger partial charge on any atom is -0.495 e. The Morgan fingerprint density at radius 1 is 1.29 bits per heavy atom. The quantitative estimate of drug-likeness (QED) is 0.621. The van der Waals surface area contributed by atoms with E-state index in [1.165, 1.54) is 13.3 Å². The Kier molecular flexibility index (Phi) is 7.21. The number of aromatic nitrogens is 1. The van der Waals surface area contributed by atoms with Crippen LogP contribution in [0.5, 0.6) is 5.75 Å². The number of amides is 1. The molecule has 0 radical (unpaired) electrons. The number of ether oxygens (including phenoxy) is 1. The third-order valence-corrected chi connectivity index (χ3v) is 6.58. The molecule has 3 N–H and O–H groups in total. The van der Waals surface area contributed by atoms with Crippen LogP contribution in [0, 0.1) is 5.82 Å². The Bertz CT molecular complexity index is 1030. The molecule has 1 saturated heterocycles. The highest BCUT2D eigenvalue weighted by Crippen LogP contribution is 2.35. The van der Waals surface area contributed by atoms with Crippen LogP contribution in [-0.2, 0) is 14.8 Å². The molecule has 0 bridgehead atoms. The molecule has 1 aromatic carbocycles. The van der Waals surface area contributed by atoms with E-state index in [1.807, 2.05) is 7.05 Å². The van der Waals surface area contributed by atoms with Gasteiger partial charge in [-0.3, -0.25) is 9.78 Å². The van der Waals surface area contributed by atoms with Crippen LogP contribution in [0.15, 0.2) is 41.4 Å². The predicted molar refractivity (Wildman–Crippen MR) is 113 cm³/mol. The highest BCUT2D eigenvalue weighted by atomic mass is 32.2. The van der Waals surface area contributed by atoms with Crippen molar-refractivity contribution in [3.8, 4) is 17.0 Å². The number of nitrogens with two attached hydrogens (primary N) is 1. The Morgan fingerprint density at radius 2 is 2.00 bits per heavy atom. The van der Waals surface area contributed by atoms with Gasteiger partial charge >= 0.3 is 0 Å². The fourth-order valence-corrected chi connectivity index (χ4v) is 4.79. The molecule has 1 aromatic heterocycles. The minimum atomic E-state index is -4.34. The zero-order valence-corrected chi connectivity index (χ0v) is 18.2. The number of nitrogens with one attached hydrogen (secondary N) is 1. The van der Waals surface area contributed by atoms with Crippen molar-refractivity contribution < 1.29 is 22.3 Å². The molecule has 0 spiro atoms. The summed E-state index contributed by atoms with van der Waals surface area (Å²) in [6.07, 6.45) is 1.51. The molecule has 1 amide bonds. The van der Waals surface area contributed by atoms with E-state index in [0.717, 1.165) is 12.1 Å². The lowest BCUT2D eigenvalue weighted by Gasteiger charge is -2.34. The molecule has 3 rings (SSSR count). The zero-order chi connectivity index (χ0) is 22.6. The number of likely N-dealkylation sites (N-methyl/N-ethyl adjacent to an activating group) is 1. The molecule has 0 saturated carbocycles. The van der Waals surface area contributed by atoms with Crippen molar-refractivity contribution in [1.82, 2.24) is 19.5 Å². The van der Waals surface area contributed by atoms with Crippen LogP contribution >= 0.6 is 0 Å². The van der Waals surface area contributed by atoms with E-state index in [-0.39, 0.29) is 17.9 Å². The Morgan fingerprint density at radius 3 is 2.58 bits per heavy atom. The number of nitrogens with zero attached hydrogens (tertiary/aromatic N) is 3. The summed E-state index contributed by atoms with van der Waals surface area (Å²) >= 11 is 0. The van der Waals surface area contributed by atoms with Crippen molar-refractivity contribution in [2.75, 3.05) is 46.9 Å². The monoisotopic (exact) mass is 451 g/mol. The Hall–Kier alpha value is -2.60. The number of methoxy groups -OCH3 is 1. The maximum absolute atomic E-state index is 14.4. The molecule has 2 aromatic rings. The van der Waals surface area contributed by atoms with Crippen LogP contribution in [0.3, 0.4) is 0 Å². The van der Waals surface area contributed by atoms with Crippen LogP contribution in [-0.4, -0.2) is 82.0 Å². The summed E-state index contributed by atoms with van der Waals surface area (Å²) in [5.74, 6) is -1.27. The fourth-order valence-electron chi connectivity index (χ4n) is 3.39. The molecule has 1 aliphatic heterocycles. The number of piperazine rings is 1. The molecular formula is C20H26FN5O4S. The van der Waals surface area contributed by atoms with Crippen molar-refractivity contribution in [2.24, 2.45) is 5.73 Å². The van der Waals surface area contributed by atoms with E-state index in [9.17, 15) is 17.6 Å². The maximum atomic E-state index is 14.4. The van der Waals surface area contributed by atoms with Crippen LogP contribution in [0.1, 0.15) is 0 Å². The number of hydrogen-bond acceptors (Lipinski definition) is 7. The van der Waals surface area contributed by atoms with Crippen molar-refractivity contribution >= 4 is 15.9 Å². The van der Waals surface area contributed by atoms with E-state index in [2.05, 4.69) is 14.6 Å². The summed E-state index contributed by atoms with van der Waals surface area (Å²) in [5.41, 5.74) is 6.24. The molecule has 1 aliphatic rings. The number of sulfonamides is 1. The first-order valence-electron chi connectivity index (χ1n) is 9.75. The van der Waals surface area contributed by atoms with Crippen molar-refractivity contribution in [2.45, 2.75) is 10.9 Å². The van der Waals surface area contributed by atoms with E-state index in [4.69, 9.17) is 10.5 Å². The second kappa shape index (κ2) is 9.69. The van der Waals surface area contributed by atoms with Gasteiger partial charge in [0.1, 0.15) is 22.5 Å². The summed E-state index contributed by atoms with van der Waals surface area (Å²) in [4.78, 5) is 20.2. The van der Waals surface area contributed by atoms with E-state index in [0.29, 0.717) is 31.9 Å². The lowest BCUT2D eigenvalue weighted by molar-refractivity contribution is -0.134. The first kappa shape index (κ1) is 23.1. The highest BCUT2D eigenvalue weighted by molar-refractivity contribution is 7.89. The summed E-state index contributed by atoms with van der Waals surface area (Å²) in [7, 11) is -1.11. The van der Waals surface area contributed by atoms with Gasteiger partial charge in [0.05, 0.1) is 12.8 Å². The first-order chi connectivity index (χ1) is 14.8. The minimum absolute atomic E-state index is 0.0737. The molecule has 0 unspecified atom stereocenters. The van der Waals surface area contributed by atoms with Crippen LogP contribution in [0.2, 0.25) is 0 Å². The second-order valence-electron chi connectivity index (χ2n) is 7.24. The number of benzene rings is 1. The van der Waals surface area contributed by atoms with Crippen LogP contribution in [0.4, 0.5) is 4.39 Å². The Balaban J connectivity index is 1.93. The maximum Gasteiger partial charge on any atom is 0.245 e. The SMILES string of the molecule is COc1c(-c2ccccn2)cc(F)cc1S(=O)(=O)N[C@@H](CN)C(=O)N1CCN(C)CC1. The summed E-state index contributed by atoms with van der Waals surface area (Å²) in [5, 5.41) is 0. The van der Waals surface area contributed by atoms with E-state index < -0.39 is 32.7 Å². The summed E-state index contributed by atoms with van der Waals surface area (Å²) in [6.45, 7) is 2.07. The molecule has 1 fully saturated rings. The second-order valence-corrected chi connectivity index (χ2v) is 8.92. The number of hydrogen-bond donors (Lipinski definition) is 2. The highest BCUT2D eigenvalue weighted by Gasteiger charge is 2.32. The topological polar surface area (TPSA) is 118 Å². The van der Waals surface area contributed by atoms with Gasteiger partial charge in [-0.15, -0.1) is 0 Å². The van der Waals surface area contributed by atoms with Gasteiger partial charge in [-0.25, -0.2) is 12.8 Å². The standard InChI is InChI=1S/C20H26FN5O4S/c1-25-7-9-26(10-8-25)20(27)17(13-22)24-31(28,29)18-12-14(21)11-15(19(18)30-2)16-5-3-4-6-23-16/h3-6,11-12,17,24H,7-10,13,22H2,1-2H3/t17-/m0/s1. The van der Waals surface area contributed by atoms with Gasteiger partial charge in [0.25, 0.3) is 0 Å². The Labute approximate surface area is 181 Å². The van der Waals surface area contributed by atoms with Gasteiger partial charge in [0.15, 0.2) is 0 Å². The van der Waals surface area contributed by atoms with Crippen LogP contribution in [0.25, 0.3) is 11.3 Å². The van der Waals surface area contributed by atoms with Gasteiger partial charge in [0, 0.05) is 44.5 Å². The zero-order valence-electron chi connectivity index (χ0n) is 17.4. The number of carbonyl (C=O) groups excluding carboxylic acids is 1. The predicted octanol–water partition coefficient (Wildman–Crippen LogP) is 0.276. The largest absolute Gasteiger partial charge is 0.495 e. The molecule has 11 heteroatoms. The van der Waals surface area contributed by atoms with Gasteiger partial charge in [-0.2, -0.15) is 4.72 Å². The van der Waals surface area contributed by atoms with Gasteiger partial charge in [-0.1, -0.05) is 6.07 Å². The normalized spacial score (nSPS) is 16.2. The lowest BCUT2D eigenvalue weighted by Crippen LogP contribution is -2.56. The molecule has 9 nitrogen and oxygen atoms in total. The number of halogens is 1. The molecule has 0 aliphatic carbocycles. The third-order valence-electron chi connectivity index (χ3n) is 5.10. The molecule has 1 atom stereocenters.